The molecule has 0 aromatic carbocycles. The van der Waals surface area contributed by atoms with Gasteiger partial charge >= 0.3 is 5.97 Å². The molecule has 0 aliphatic heterocycles. The van der Waals surface area contributed by atoms with Crippen molar-refractivity contribution < 1.29 is 9.90 Å². The van der Waals surface area contributed by atoms with Crippen LogP contribution >= 0.6 is 0 Å². The molecule has 3 nitrogen and oxygen atoms in total. The highest BCUT2D eigenvalue weighted by Crippen LogP contribution is 1.90. The summed E-state index contributed by atoms with van der Waals surface area (Å²) in [5, 5.41) is 8.48. The maximum atomic E-state index is 10.3. The van der Waals surface area contributed by atoms with Crippen molar-refractivity contribution in [3.63, 3.8) is 0 Å². The highest BCUT2D eigenvalue weighted by molar-refractivity contribution is 5.69. The van der Waals surface area contributed by atoms with Gasteiger partial charge in [0.1, 0.15) is 0 Å². The van der Waals surface area contributed by atoms with E-state index in [9.17, 15) is 4.79 Å². The highest BCUT2D eigenvalue weighted by Gasteiger charge is 2.05. The smallest absolute Gasteiger partial charge is 0.317 e. The van der Waals surface area contributed by atoms with Crippen LogP contribution in [0.1, 0.15) is 6.42 Å². The van der Waals surface area contributed by atoms with E-state index >= 15 is 0 Å². The fourth-order valence-corrected chi connectivity index (χ4v) is 0.831. The van der Waals surface area contributed by atoms with E-state index in [2.05, 4.69) is 12.5 Å². The maximum absolute atomic E-state index is 10.3. The molecule has 0 heterocycles. The lowest BCUT2D eigenvalue weighted by molar-refractivity contribution is -0.138. The van der Waals surface area contributed by atoms with E-state index in [1.807, 2.05) is 0 Å². The third kappa shape index (κ3) is 5.51. The first-order valence-electron chi connectivity index (χ1n) is 3.69. The molecule has 12 heavy (non-hydrogen) atoms. The Kier molecular flexibility index (Phi) is 5.76. The minimum Gasteiger partial charge on any atom is -0.480 e. The van der Waals surface area contributed by atoms with Crippen LogP contribution in [0.25, 0.3) is 0 Å². The molecule has 0 rings (SSSR count). The van der Waals surface area contributed by atoms with Gasteiger partial charge in [-0.15, -0.1) is 18.9 Å². The van der Waals surface area contributed by atoms with Crippen LogP contribution in [0.15, 0.2) is 12.7 Å². The molecule has 0 unspecified atom stereocenters. The minimum atomic E-state index is -0.839. The van der Waals surface area contributed by atoms with Gasteiger partial charge in [-0.3, -0.25) is 9.69 Å². The van der Waals surface area contributed by atoms with Crippen molar-refractivity contribution in [3.05, 3.63) is 12.7 Å². The van der Waals surface area contributed by atoms with Gasteiger partial charge < -0.3 is 5.11 Å². The Morgan fingerprint density at radius 2 is 2.42 bits per heavy atom. The Hall–Kier alpha value is -1.27. The van der Waals surface area contributed by atoms with Crippen LogP contribution in [-0.4, -0.2) is 35.6 Å². The summed E-state index contributed by atoms with van der Waals surface area (Å²) in [4.78, 5) is 12.1. The number of aliphatic carboxylic acids is 1. The fourth-order valence-electron chi connectivity index (χ4n) is 0.831. The third-order valence-corrected chi connectivity index (χ3v) is 1.32. The molecule has 0 atom stereocenters. The van der Waals surface area contributed by atoms with Crippen molar-refractivity contribution in [3.8, 4) is 12.3 Å². The quantitative estimate of drug-likeness (QED) is 0.464. The predicted octanol–water partition coefficient (Wildman–Crippen LogP) is 0.582. The van der Waals surface area contributed by atoms with Crippen molar-refractivity contribution in [1.82, 2.24) is 4.90 Å². The van der Waals surface area contributed by atoms with Gasteiger partial charge in [0, 0.05) is 19.5 Å². The molecule has 3 heteroatoms. The van der Waals surface area contributed by atoms with E-state index in [-0.39, 0.29) is 6.54 Å². The number of hydrogen-bond acceptors (Lipinski definition) is 2. The van der Waals surface area contributed by atoms with Crippen molar-refractivity contribution in [1.29, 1.82) is 0 Å². The van der Waals surface area contributed by atoms with Gasteiger partial charge in [0.15, 0.2) is 0 Å². The Bertz CT molecular complexity index is 193. The first-order valence-corrected chi connectivity index (χ1v) is 3.69. The number of carbonyl (C=O) groups is 1. The lowest BCUT2D eigenvalue weighted by Gasteiger charge is -2.15. The Labute approximate surface area is 72.7 Å². The van der Waals surface area contributed by atoms with Crippen LogP contribution in [0.2, 0.25) is 0 Å². The van der Waals surface area contributed by atoms with Gasteiger partial charge in [0.05, 0.1) is 6.54 Å². The summed E-state index contributed by atoms with van der Waals surface area (Å²) in [5.41, 5.74) is 0. The van der Waals surface area contributed by atoms with Gasteiger partial charge in [-0.25, -0.2) is 0 Å². The van der Waals surface area contributed by atoms with E-state index in [0.717, 1.165) is 0 Å². The van der Waals surface area contributed by atoms with Crippen molar-refractivity contribution in [2.24, 2.45) is 0 Å². The molecule has 0 amide bonds. The summed E-state index contributed by atoms with van der Waals surface area (Å²) in [6, 6.07) is 0. The number of rotatable bonds is 6. The van der Waals surface area contributed by atoms with Crippen molar-refractivity contribution in [2.75, 3.05) is 19.6 Å². The molecular formula is C9H13NO2. The Balaban J connectivity index is 3.78. The first-order chi connectivity index (χ1) is 5.70. The average molecular weight is 167 g/mol. The molecular weight excluding hydrogens is 154 g/mol. The van der Waals surface area contributed by atoms with Crippen LogP contribution in [0, 0.1) is 12.3 Å². The normalized spacial score (nSPS) is 9.33. The molecule has 0 radical (unpaired) electrons. The molecule has 0 saturated carbocycles. The molecule has 0 aromatic rings. The van der Waals surface area contributed by atoms with Crippen LogP contribution in [0.3, 0.4) is 0 Å². The van der Waals surface area contributed by atoms with E-state index in [4.69, 9.17) is 11.5 Å². The van der Waals surface area contributed by atoms with Gasteiger partial charge in [0.2, 0.25) is 0 Å². The molecule has 0 saturated heterocycles. The summed E-state index contributed by atoms with van der Waals surface area (Å²) < 4.78 is 0. The lowest BCUT2D eigenvalue weighted by Crippen LogP contribution is -2.30. The zero-order chi connectivity index (χ0) is 9.40. The second-order valence-electron chi connectivity index (χ2n) is 2.37. The Morgan fingerprint density at radius 1 is 1.75 bits per heavy atom. The van der Waals surface area contributed by atoms with Crippen LogP contribution < -0.4 is 0 Å². The SMILES string of the molecule is C#CCCN(CC=C)CC(=O)O. The summed E-state index contributed by atoms with van der Waals surface area (Å²) in [6.45, 7) is 4.72. The first kappa shape index (κ1) is 10.7. The highest BCUT2D eigenvalue weighted by atomic mass is 16.4. The monoisotopic (exact) mass is 167 g/mol. The topological polar surface area (TPSA) is 40.5 Å². The van der Waals surface area contributed by atoms with E-state index < -0.39 is 5.97 Å². The number of nitrogens with zero attached hydrogens (tertiary/aromatic N) is 1. The molecule has 0 fully saturated rings. The lowest BCUT2D eigenvalue weighted by atomic mass is 10.3. The second-order valence-corrected chi connectivity index (χ2v) is 2.37. The average Bonchev–Trinajstić information content (AvgIpc) is 2.00. The maximum Gasteiger partial charge on any atom is 0.317 e. The van der Waals surface area contributed by atoms with Crippen LogP contribution in [-0.2, 0) is 4.79 Å². The van der Waals surface area contributed by atoms with Crippen molar-refractivity contribution >= 4 is 5.97 Å². The molecule has 0 aliphatic carbocycles. The molecule has 0 spiro atoms. The van der Waals surface area contributed by atoms with E-state index in [1.54, 1.807) is 11.0 Å². The minimum absolute atomic E-state index is 0.0215. The summed E-state index contributed by atoms with van der Waals surface area (Å²) in [6.07, 6.45) is 7.29. The summed E-state index contributed by atoms with van der Waals surface area (Å²) >= 11 is 0. The number of carboxylic acid groups (broad SMARTS) is 1. The molecule has 66 valence electrons. The second kappa shape index (κ2) is 6.44. The molecule has 0 bridgehead atoms. The van der Waals surface area contributed by atoms with Crippen LogP contribution in [0.4, 0.5) is 0 Å². The zero-order valence-electron chi connectivity index (χ0n) is 6.99. The fraction of sp³-hybridized carbons (Fsp3) is 0.444. The van der Waals surface area contributed by atoms with E-state index in [0.29, 0.717) is 19.5 Å². The largest absolute Gasteiger partial charge is 0.480 e. The van der Waals surface area contributed by atoms with Crippen LogP contribution in [0.5, 0.6) is 0 Å². The zero-order valence-corrected chi connectivity index (χ0v) is 6.99. The molecule has 1 N–H and O–H groups in total. The number of hydrogen-bond donors (Lipinski definition) is 1. The predicted molar refractivity (Wildman–Crippen MR) is 47.7 cm³/mol. The standard InChI is InChI=1S/C9H13NO2/c1-3-5-7-10(6-4-2)8-9(11)12/h1,4H,2,5-8H2,(H,11,12). The molecule has 0 aromatic heterocycles. The summed E-state index contributed by atoms with van der Waals surface area (Å²) in [7, 11) is 0. The van der Waals surface area contributed by atoms with Gasteiger partial charge in [-0.05, 0) is 0 Å². The van der Waals surface area contributed by atoms with E-state index in [1.165, 1.54) is 0 Å². The van der Waals surface area contributed by atoms with Gasteiger partial charge in [0.25, 0.3) is 0 Å². The Morgan fingerprint density at radius 3 is 2.83 bits per heavy atom. The number of carboxylic acids is 1. The molecule has 0 aliphatic rings. The summed E-state index contributed by atoms with van der Waals surface area (Å²) in [5.74, 6) is 1.62. The van der Waals surface area contributed by atoms with Crippen molar-refractivity contribution in [2.45, 2.75) is 6.42 Å². The number of terminal acetylenes is 1. The van der Waals surface area contributed by atoms with Gasteiger partial charge in [-0.1, -0.05) is 6.08 Å². The third-order valence-electron chi connectivity index (χ3n) is 1.32. The van der Waals surface area contributed by atoms with Gasteiger partial charge in [-0.2, -0.15) is 0 Å².